The molecule has 1 amide bonds. The molecule has 0 bridgehead atoms. The smallest absolute Gasteiger partial charge is 0.230 e. The predicted octanol–water partition coefficient (Wildman–Crippen LogP) is 0.276. The minimum absolute atomic E-state index is 0.0415. The minimum Gasteiger partial charge on any atom is -0.424 e. The Morgan fingerprint density at radius 2 is 2.19 bits per heavy atom. The first kappa shape index (κ1) is 18.5. The Kier molecular flexibility index (Phi) is 6.35. The molecule has 0 saturated heterocycles. The van der Waals surface area contributed by atoms with Gasteiger partial charge in [0.25, 0.3) is 0 Å². The van der Waals surface area contributed by atoms with Crippen molar-refractivity contribution in [3.63, 3.8) is 0 Å². The molecule has 3 heterocycles. The lowest BCUT2D eigenvalue weighted by molar-refractivity contribution is -0.121. The van der Waals surface area contributed by atoms with Crippen LogP contribution in [0.15, 0.2) is 10.5 Å². The SMILES string of the molecule is CCc1nnc(CN2CCCn3nc(CCC(=O)NCCO)cc3C2)o1. The number of carbonyl (C=O) groups is 1. The van der Waals surface area contributed by atoms with Crippen LogP contribution in [0.1, 0.15) is 42.9 Å². The number of fused-ring (bicyclic) bond motifs is 1. The van der Waals surface area contributed by atoms with E-state index in [1.807, 2.05) is 11.6 Å². The number of aryl methyl sites for hydroxylation is 3. The van der Waals surface area contributed by atoms with Crippen molar-refractivity contribution in [3.8, 4) is 0 Å². The third-order valence-electron chi connectivity index (χ3n) is 4.36. The number of aliphatic hydroxyl groups is 1. The number of nitrogens with zero attached hydrogens (tertiary/aromatic N) is 5. The fourth-order valence-corrected chi connectivity index (χ4v) is 3.06. The lowest BCUT2D eigenvalue weighted by atomic mass is 10.2. The van der Waals surface area contributed by atoms with Crippen molar-refractivity contribution >= 4 is 5.91 Å². The number of hydrogen-bond acceptors (Lipinski definition) is 7. The molecule has 0 fully saturated rings. The quantitative estimate of drug-likeness (QED) is 0.694. The normalized spacial score (nSPS) is 14.8. The van der Waals surface area contributed by atoms with Gasteiger partial charge in [-0.2, -0.15) is 5.10 Å². The maximum absolute atomic E-state index is 11.7. The Hall–Kier alpha value is -2.26. The molecule has 0 atom stereocenters. The first-order valence-electron chi connectivity index (χ1n) is 9.14. The van der Waals surface area contributed by atoms with E-state index in [0.717, 1.165) is 43.9 Å². The first-order valence-corrected chi connectivity index (χ1v) is 9.14. The highest BCUT2D eigenvalue weighted by Crippen LogP contribution is 2.17. The van der Waals surface area contributed by atoms with E-state index >= 15 is 0 Å². The van der Waals surface area contributed by atoms with Gasteiger partial charge in [0.1, 0.15) is 0 Å². The molecule has 1 aliphatic heterocycles. The molecule has 0 radical (unpaired) electrons. The average molecular weight is 362 g/mol. The summed E-state index contributed by atoms with van der Waals surface area (Å²) in [5.74, 6) is 1.25. The van der Waals surface area contributed by atoms with E-state index in [4.69, 9.17) is 9.52 Å². The molecule has 142 valence electrons. The second-order valence-electron chi connectivity index (χ2n) is 6.43. The number of hydrogen-bond donors (Lipinski definition) is 2. The zero-order valence-electron chi connectivity index (χ0n) is 15.1. The topological polar surface area (TPSA) is 109 Å². The minimum atomic E-state index is -0.0630. The molecule has 9 heteroatoms. The second kappa shape index (κ2) is 8.91. The highest BCUT2D eigenvalue weighted by atomic mass is 16.4. The van der Waals surface area contributed by atoms with Gasteiger partial charge in [-0.05, 0) is 12.5 Å². The second-order valence-corrected chi connectivity index (χ2v) is 6.43. The zero-order chi connectivity index (χ0) is 18.4. The number of carbonyl (C=O) groups excluding carboxylic acids is 1. The Morgan fingerprint density at radius 1 is 1.35 bits per heavy atom. The molecule has 0 spiro atoms. The van der Waals surface area contributed by atoms with Gasteiger partial charge in [0.15, 0.2) is 0 Å². The highest BCUT2D eigenvalue weighted by molar-refractivity contribution is 5.76. The summed E-state index contributed by atoms with van der Waals surface area (Å²) in [4.78, 5) is 14.0. The van der Waals surface area contributed by atoms with Crippen molar-refractivity contribution in [3.05, 3.63) is 29.2 Å². The van der Waals surface area contributed by atoms with E-state index in [1.165, 1.54) is 0 Å². The van der Waals surface area contributed by atoms with Crippen LogP contribution in [0.2, 0.25) is 0 Å². The van der Waals surface area contributed by atoms with E-state index in [1.54, 1.807) is 0 Å². The van der Waals surface area contributed by atoms with Gasteiger partial charge in [0.2, 0.25) is 17.7 Å². The summed E-state index contributed by atoms with van der Waals surface area (Å²) < 4.78 is 7.65. The zero-order valence-corrected chi connectivity index (χ0v) is 15.1. The van der Waals surface area contributed by atoms with E-state index in [9.17, 15) is 4.79 Å². The Morgan fingerprint density at radius 3 is 2.96 bits per heavy atom. The standard InChI is InChI=1S/C17H26N6O3/c1-2-16-19-20-17(26-16)12-22-7-3-8-23-14(11-22)10-13(21-23)4-5-15(25)18-6-9-24/h10,24H,2-9,11-12H2,1H3,(H,18,25). The van der Waals surface area contributed by atoms with E-state index in [0.29, 0.717) is 37.7 Å². The van der Waals surface area contributed by atoms with Crippen LogP contribution in [-0.4, -0.2) is 55.6 Å². The molecule has 2 aromatic heterocycles. The lowest BCUT2D eigenvalue weighted by Gasteiger charge is -2.16. The van der Waals surface area contributed by atoms with Crippen LogP contribution in [0.25, 0.3) is 0 Å². The summed E-state index contributed by atoms with van der Waals surface area (Å²) in [6, 6.07) is 2.07. The number of aliphatic hydroxyl groups excluding tert-OH is 1. The molecule has 1 aliphatic rings. The van der Waals surface area contributed by atoms with Crippen molar-refractivity contribution in [2.24, 2.45) is 0 Å². The van der Waals surface area contributed by atoms with Crippen molar-refractivity contribution in [1.82, 2.24) is 30.2 Å². The summed E-state index contributed by atoms with van der Waals surface area (Å²) in [5.41, 5.74) is 2.07. The van der Waals surface area contributed by atoms with Crippen LogP contribution in [0, 0.1) is 0 Å². The first-order chi connectivity index (χ1) is 12.7. The van der Waals surface area contributed by atoms with Gasteiger partial charge in [-0.15, -0.1) is 10.2 Å². The largest absolute Gasteiger partial charge is 0.424 e. The molecule has 9 nitrogen and oxygen atoms in total. The van der Waals surface area contributed by atoms with E-state index < -0.39 is 0 Å². The Balaban J connectivity index is 1.57. The third-order valence-corrected chi connectivity index (χ3v) is 4.36. The number of rotatable bonds is 8. The molecule has 0 aliphatic carbocycles. The molecule has 2 N–H and O–H groups in total. The van der Waals surface area contributed by atoms with Crippen LogP contribution in [0.5, 0.6) is 0 Å². The van der Waals surface area contributed by atoms with E-state index in [2.05, 4.69) is 31.6 Å². The average Bonchev–Trinajstić information content (AvgIpc) is 3.20. The maximum atomic E-state index is 11.7. The van der Waals surface area contributed by atoms with E-state index in [-0.39, 0.29) is 12.5 Å². The van der Waals surface area contributed by atoms with Gasteiger partial charge < -0.3 is 14.8 Å². The van der Waals surface area contributed by atoms with Gasteiger partial charge in [-0.1, -0.05) is 6.92 Å². The molecule has 2 aromatic rings. The predicted molar refractivity (Wildman–Crippen MR) is 93.1 cm³/mol. The fraction of sp³-hybridized carbons (Fsp3) is 0.647. The highest BCUT2D eigenvalue weighted by Gasteiger charge is 2.19. The molecular weight excluding hydrogens is 336 g/mol. The Labute approximate surface area is 152 Å². The summed E-state index contributed by atoms with van der Waals surface area (Å²) in [7, 11) is 0. The number of amides is 1. The van der Waals surface area contributed by atoms with Crippen molar-refractivity contribution in [1.29, 1.82) is 0 Å². The maximum Gasteiger partial charge on any atom is 0.230 e. The molecule has 0 unspecified atom stereocenters. The monoisotopic (exact) mass is 362 g/mol. The van der Waals surface area contributed by atoms with Crippen LogP contribution in [-0.2, 0) is 37.3 Å². The van der Waals surface area contributed by atoms with Gasteiger partial charge in [-0.25, -0.2) is 0 Å². The molecular formula is C17H26N6O3. The van der Waals surface area contributed by atoms with Crippen molar-refractivity contribution in [2.45, 2.75) is 52.2 Å². The summed E-state index contributed by atoms with van der Waals surface area (Å²) in [5, 5.41) is 24.1. The number of nitrogens with one attached hydrogen (secondary N) is 1. The Bertz CT molecular complexity index is 726. The van der Waals surface area contributed by atoms with Crippen LogP contribution >= 0.6 is 0 Å². The van der Waals surface area contributed by atoms with Crippen LogP contribution in [0.4, 0.5) is 0 Å². The lowest BCUT2D eigenvalue weighted by Crippen LogP contribution is -2.26. The van der Waals surface area contributed by atoms with Crippen molar-refractivity contribution < 1.29 is 14.3 Å². The van der Waals surface area contributed by atoms with Gasteiger partial charge >= 0.3 is 0 Å². The fourth-order valence-electron chi connectivity index (χ4n) is 3.06. The summed E-state index contributed by atoms with van der Waals surface area (Å²) in [6.07, 6.45) is 2.72. The van der Waals surface area contributed by atoms with Gasteiger partial charge in [0.05, 0.1) is 24.5 Å². The summed E-state index contributed by atoms with van der Waals surface area (Å²) >= 11 is 0. The van der Waals surface area contributed by atoms with Crippen LogP contribution < -0.4 is 5.32 Å². The molecule has 0 saturated carbocycles. The third kappa shape index (κ3) is 4.89. The summed E-state index contributed by atoms with van der Waals surface area (Å²) in [6.45, 7) is 5.47. The molecule has 0 aromatic carbocycles. The van der Waals surface area contributed by atoms with Gasteiger partial charge in [-0.3, -0.25) is 14.4 Å². The molecule has 26 heavy (non-hydrogen) atoms. The van der Waals surface area contributed by atoms with Gasteiger partial charge in [0, 0.05) is 45.4 Å². The molecule has 3 rings (SSSR count). The van der Waals surface area contributed by atoms with Crippen LogP contribution in [0.3, 0.4) is 0 Å². The number of aromatic nitrogens is 4. The van der Waals surface area contributed by atoms with Crippen molar-refractivity contribution in [2.75, 3.05) is 19.7 Å².